The normalized spacial score (nSPS) is 15.4. The van der Waals surface area contributed by atoms with Gasteiger partial charge in [0.15, 0.2) is 6.61 Å². The van der Waals surface area contributed by atoms with E-state index in [-0.39, 0.29) is 5.91 Å². The second kappa shape index (κ2) is 7.00. The first kappa shape index (κ1) is 16.4. The van der Waals surface area contributed by atoms with Crippen molar-refractivity contribution in [2.24, 2.45) is 5.10 Å². The van der Waals surface area contributed by atoms with Crippen LogP contribution >= 0.6 is 0 Å². The summed E-state index contributed by atoms with van der Waals surface area (Å²) in [5.74, 6) is -0.903. The van der Waals surface area contributed by atoms with Crippen molar-refractivity contribution in [3.8, 4) is 5.75 Å². The fourth-order valence-electron chi connectivity index (χ4n) is 2.45. The monoisotopic (exact) mass is 336 g/mol. The largest absolute Gasteiger partial charge is 0.481 e. The van der Waals surface area contributed by atoms with Crippen molar-refractivity contribution in [1.82, 2.24) is 0 Å². The summed E-state index contributed by atoms with van der Waals surface area (Å²) in [5, 5.41) is 14.4. The van der Waals surface area contributed by atoms with E-state index in [0.29, 0.717) is 28.3 Å². The highest BCUT2D eigenvalue weighted by Crippen LogP contribution is 2.27. The Bertz CT molecular complexity index is 872. The van der Waals surface area contributed by atoms with Gasteiger partial charge in [0, 0.05) is 5.56 Å². The van der Waals surface area contributed by atoms with Crippen molar-refractivity contribution in [3.63, 3.8) is 0 Å². The molecular formula is C19H16N2O4. The number of carboxylic acid groups (broad SMARTS) is 1. The highest BCUT2D eigenvalue weighted by molar-refractivity contribution is 6.32. The molecule has 2 aromatic carbocycles. The van der Waals surface area contributed by atoms with E-state index < -0.39 is 12.6 Å². The van der Waals surface area contributed by atoms with Crippen molar-refractivity contribution in [3.05, 3.63) is 65.7 Å². The molecule has 6 nitrogen and oxygen atoms in total. The van der Waals surface area contributed by atoms with E-state index in [9.17, 15) is 9.59 Å². The molecule has 0 atom stereocenters. The van der Waals surface area contributed by atoms with Gasteiger partial charge in [-0.2, -0.15) is 10.1 Å². The third-order valence-corrected chi connectivity index (χ3v) is 3.63. The molecule has 0 saturated heterocycles. The second-order valence-corrected chi connectivity index (χ2v) is 5.42. The summed E-state index contributed by atoms with van der Waals surface area (Å²) >= 11 is 0. The number of aliphatic carboxylic acids is 1. The van der Waals surface area contributed by atoms with Crippen LogP contribution in [0.15, 0.2) is 65.3 Å². The molecular weight excluding hydrogens is 320 g/mol. The van der Waals surface area contributed by atoms with Crippen LogP contribution in [0.5, 0.6) is 5.75 Å². The van der Waals surface area contributed by atoms with E-state index in [4.69, 9.17) is 9.84 Å². The van der Waals surface area contributed by atoms with Gasteiger partial charge in [0.05, 0.1) is 17.0 Å². The minimum Gasteiger partial charge on any atom is -0.481 e. The van der Waals surface area contributed by atoms with E-state index in [2.05, 4.69) is 5.10 Å². The molecule has 2 aromatic rings. The van der Waals surface area contributed by atoms with Gasteiger partial charge in [0.25, 0.3) is 5.91 Å². The number of benzene rings is 2. The van der Waals surface area contributed by atoms with Crippen LogP contribution in [0.3, 0.4) is 0 Å². The molecule has 0 aliphatic carbocycles. The number of amides is 1. The molecule has 0 fully saturated rings. The zero-order valence-electron chi connectivity index (χ0n) is 13.5. The molecule has 0 radical (unpaired) electrons. The molecule has 0 spiro atoms. The van der Waals surface area contributed by atoms with Crippen LogP contribution in [0.4, 0.5) is 5.69 Å². The van der Waals surface area contributed by atoms with Crippen molar-refractivity contribution < 1.29 is 19.4 Å². The average molecular weight is 336 g/mol. The van der Waals surface area contributed by atoms with Crippen LogP contribution in [0.25, 0.3) is 6.08 Å². The summed E-state index contributed by atoms with van der Waals surface area (Å²) < 4.78 is 5.28. The van der Waals surface area contributed by atoms with Crippen LogP contribution < -0.4 is 9.75 Å². The van der Waals surface area contributed by atoms with Crippen molar-refractivity contribution >= 4 is 29.4 Å². The lowest BCUT2D eigenvalue weighted by molar-refractivity contribution is -0.139. The molecule has 1 amide bonds. The third-order valence-electron chi connectivity index (χ3n) is 3.63. The average Bonchev–Trinajstić information content (AvgIpc) is 2.90. The lowest BCUT2D eigenvalue weighted by Crippen LogP contribution is -2.21. The number of carboxylic acids is 1. The van der Waals surface area contributed by atoms with Gasteiger partial charge < -0.3 is 9.84 Å². The van der Waals surface area contributed by atoms with Gasteiger partial charge in [-0.05, 0) is 31.2 Å². The molecule has 0 saturated carbocycles. The van der Waals surface area contributed by atoms with E-state index in [1.165, 1.54) is 5.01 Å². The number of ether oxygens (including phenoxy) is 1. The SMILES string of the molecule is CC1=NN(c2ccccc2)C(=O)/C1=C\c1ccccc1OCC(=O)O. The zero-order chi connectivity index (χ0) is 17.8. The molecule has 0 bridgehead atoms. The number of carbonyl (C=O) groups excluding carboxylic acids is 1. The van der Waals surface area contributed by atoms with Gasteiger partial charge >= 0.3 is 5.97 Å². The van der Waals surface area contributed by atoms with Crippen LogP contribution in [-0.4, -0.2) is 29.3 Å². The zero-order valence-corrected chi connectivity index (χ0v) is 13.5. The van der Waals surface area contributed by atoms with Crippen LogP contribution in [0.2, 0.25) is 0 Å². The Balaban J connectivity index is 1.91. The van der Waals surface area contributed by atoms with Gasteiger partial charge in [0.1, 0.15) is 5.75 Å². The molecule has 6 heteroatoms. The molecule has 1 heterocycles. The summed E-state index contributed by atoms with van der Waals surface area (Å²) in [5.41, 5.74) is 2.33. The lowest BCUT2D eigenvalue weighted by atomic mass is 10.1. The fraction of sp³-hybridized carbons (Fsp3) is 0.105. The van der Waals surface area contributed by atoms with Gasteiger partial charge in [-0.3, -0.25) is 4.79 Å². The van der Waals surface area contributed by atoms with Crippen LogP contribution in [0, 0.1) is 0 Å². The van der Waals surface area contributed by atoms with E-state index in [0.717, 1.165) is 0 Å². The maximum absolute atomic E-state index is 12.7. The lowest BCUT2D eigenvalue weighted by Gasteiger charge is -2.11. The Morgan fingerprint density at radius 1 is 1.16 bits per heavy atom. The number of hydrazone groups is 1. The van der Waals surface area contributed by atoms with Crippen LogP contribution in [0.1, 0.15) is 12.5 Å². The van der Waals surface area contributed by atoms with Gasteiger partial charge in [-0.15, -0.1) is 0 Å². The molecule has 0 aromatic heterocycles. The Kier molecular flexibility index (Phi) is 4.61. The quantitative estimate of drug-likeness (QED) is 0.852. The fourth-order valence-corrected chi connectivity index (χ4v) is 2.45. The molecule has 25 heavy (non-hydrogen) atoms. The van der Waals surface area contributed by atoms with Crippen LogP contribution in [-0.2, 0) is 9.59 Å². The number of anilines is 1. The summed E-state index contributed by atoms with van der Waals surface area (Å²) in [6.45, 7) is 1.31. The highest BCUT2D eigenvalue weighted by Gasteiger charge is 2.28. The van der Waals surface area contributed by atoms with E-state index >= 15 is 0 Å². The number of carbonyl (C=O) groups is 2. The smallest absolute Gasteiger partial charge is 0.341 e. The number of hydrogen-bond donors (Lipinski definition) is 1. The summed E-state index contributed by atoms with van der Waals surface area (Å²) in [7, 11) is 0. The summed E-state index contributed by atoms with van der Waals surface area (Å²) in [6, 6.07) is 16.1. The van der Waals surface area contributed by atoms with E-state index in [1.54, 1.807) is 37.3 Å². The highest BCUT2D eigenvalue weighted by atomic mass is 16.5. The summed E-state index contributed by atoms with van der Waals surface area (Å²) in [4.78, 5) is 23.4. The predicted molar refractivity (Wildman–Crippen MR) is 94.6 cm³/mol. The number of hydrogen-bond acceptors (Lipinski definition) is 4. The van der Waals surface area contributed by atoms with Gasteiger partial charge in [-0.25, -0.2) is 4.79 Å². The molecule has 1 aliphatic rings. The first-order chi connectivity index (χ1) is 12.1. The first-order valence-electron chi connectivity index (χ1n) is 7.66. The Morgan fingerprint density at radius 3 is 2.56 bits per heavy atom. The Morgan fingerprint density at radius 2 is 1.84 bits per heavy atom. The standard InChI is InChI=1S/C19H16N2O4/c1-13-16(19(24)21(20-13)15-8-3-2-4-9-15)11-14-7-5-6-10-17(14)25-12-18(22)23/h2-11H,12H2,1H3,(H,22,23)/b16-11-. The topological polar surface area (TPSA) is 79.2 Å². The van der Waals surface area contributed by atoms with Gasteiger partial charge in [-0.1, -0.05) is 36.4 Å². The Hall–Kier alpha value is -3.41. The molecule has 3 rings (SSSR count). The van der Waals surface area contributed by atoms with Crippen molar-refractivity contribution in [1.29, 1.82) is 0 Å². The molecule has 126 valence electrons. The molecule has 0 unspecified atom stereocenters. The van der Waals surface area contributed by atoms with Crippen molar-refractivity contribution in [2.75, 3.05) is 11.6 Å². The Labute approximate surface area is 144 Å². The molecule has 1 N–H and O–H groups in total. The maximum Gasteiger partial charge on any atom is 0.341 e. The van der Waals surface area contributed by atoms with E-state index in [1.807, 2.05) is 30.3 Å². The number of nitrogens with zero attached hydrogens (tertiary/aromatic N) is 2. The minimum atomic E-state index is -1.06. The molecule has 1 aliphatic heterocycles. The third kappa shape index (κ3) is 3.58. The predicted octanol–water partition coefficient (Wildman–Crippen LogP) is 2.96. The second-order valence-electron chi connectivity index (χ2n) is 5.42. The summed E-state index contributed by atoms with van der Waals surface area (Å²) in [6.07, 6.45) is 1.67. The van der Waals surface area contributed by atoms with Gasteiger partial charge in [0.2, 0.25) is 0 Å². The number of para-hydroxylation sites is 2. The minimum absolute atomic E-state index is 0.239. The number of rotatable bonds is 5. The maximum atomic E-state index is 12.7. The van der Waals surface area contributed by atoms with Crippen molar-refractivity contribution in [2.45, 2.75) is 6.92 Å². The first-order valence-corrected chi connectivity index (χ1v) is 7.66.